The molecule has 0 aliphatic heterocycles. The molecule has 0 saturated carbocycles. The summed E-state index contributed by atoms with van der Waals surface area (Å²) in [6.07, 6.45) is 0.00455. The number of carboxylic acid groups (broad SMARTS) is 1. The van der Waals surface area contributed by atoms with Crippen LogP contribution in [0.5, 0.6) is 0 Å². The largest absolute Gasteiger partial charge is 0.480 e. The normalized spacial score (nSPS) is 12.6. The van der Waals surface area contributed by atoms with Crippen LogP contribution in [0.4, 0.5) is 5.69 Å². The van der Waals surface area contributed by atoms with Crippen LogP contribution in [0, 0.1) is 17.2 Å². The van der Waals surface area contributed by atoms with E-state index in [-0.39, 0.29) is 17.9 Å². The van der Waals surface area contributed by atoms with E-state index in [1.54, 1.807) is 25.1 Å². The van der Waals surface area contributed by atoms with Crippen molar-refractivity contribution < 1.29 is 19.5 Å². The minimum Gasteiger partial charge on any atom is -0.480 e. The Morgan fingerprint density at radius 2 is 1.95 bits per heavy atom. The van der Waals surface area contributed by atoms with Crippen molar-refractivity contribution in [2.75, 3.05) is 5.32 Å². The maximum atomic E-state index is 12.3. The summed E-state index contributed by atoms with van der Waals surface area (Å²) in [5.74, 6) is -2.72. The van der Waals surface area contributed by atoms with Gasteiger partial charge >= 0.3 is 5.97 Å². The van der Waals surface area contributed by atoms with Gasteiger partial charge in [-0.1, -0.05) is 19.1 Å². The number of anilines is 1. The Hall–Kier alpha value is -2.88. The average Bonchev–Trinajstić information content (AvgIpc) is 2.44. The molecule has 0 unspecified atom stereocenters. The highest BCUT2D eigenvalue weighted by atomic mass is 16.4. The number of hydrogen-bond acceptors (Lipinski definition) is 4. The van der Waals surface area contributed by atoms with E-state index in [2.05, 4.69) is 10.6 Å². The molecule has 0 aliphatic carbocycles. The Morgan fingerprint density at radius 3 is 2.50 bits per heavy atom. The molecule has 3 N–H and O–H groups in total. The summed E-state index contributed by atoms with van der Waals surface area (Å²) in [5.41, 5.74) is 0.456. The second-order valence-electron chi connectivity index (χ2n) is 4.86. The minimum absolute atomic E-state index is 0.00455. The molecule has 0 radical (unpaired) electrons. The second kappa shape index (κ2) is 7.78. The van der Waals surface area contributed by atoms with Crippen molar-refractivity contribution in [2.45, 2.75) is 26.3 Å². The second-order valence-corrected chi connectivity index (χ2v) is 4.86. The van der Waals surface area contributed by atoms with Crippen LogP contribution in [0.3, 0.4) is 0 Å². The van der Waals surface area contributed by atoms with Gasteiger partial charge in [0.15, 0.2) is 0 Å². The Morgan fingerprint density at radius 1 is 1.32 bits per heavy atom. The monoisotopic (exact) mass is 303 g/mol. The van der Waals surface area contributed by atoms with Gasteiger partial charge in [0.25, 0.3) is 5.91 Å². The summed E-state index contributed by atoms with van der Waals surface area (Å²) < 4.78 is 0. The summed E-state index contributed by atoms with van der Waals surface area (Å²) in [6, 6.07) is 6.98. The third-order valence-electron chi connectivity index (χ3n) is 3.02. The molecule has 0 fully saturated rings. The number of nitrogens with one attached hydrogen (secondary N) is 2. The van der Waals surface area contributed by atoms with Gasteiger partial charge in [-0.05, 0) is 12.1 Å². The molecule has 116 valence electrons. The van der Waals surface area contributed by atoms with Crippen LogP contribution in [0.1, 0.15) is 30.6 Å². The molecule has 2 amide bonds. The zero-order valence-electron chi connectivity index (χ0n) is 12.3. The molecule has 0 spiro atoms. The standard InChI is InChI=1S/C15H17N3O4/c1-9(7-8-16)13(15(21)22)18-14(20)11-5-3-4-6-12(11)17-10(2)19/h3-6,9,13H,7H2,1-2H3,(H,17,19)(H,18,20)(H,21,22)/t9-,13-/m1/s1. The maximum Gasteiger partial charge on any atom is 0.326 e. The van der Waals surface area contributed by atoms with Crippen molar-refractivity contribution in [2.24, 2.45) is 5.92 Å². The first-order valence-electron chi connectivity index (χ1n) is 6.64. The summed E-state index contributed by atoms with van der Waals surface area (Å²) in [6.45, 7) is 2.88. The smallest absolute Gasteiger partial charge is 0.326 e. The molecule has 0 heterocycles. The molecular weight excluding hydrogens is 286 g/mol. The van der Waals surface area contributed by atoms with Gasteiger partial charge in [-0.15, -0.1) is 0 Å². The molecule has 22 heavy (non-hydrogen) atoms. The van der Waals surface area contributed by atoms with Gasteiger partial charge in [0.1, 0.15) is 6.04 Å². The number of carbonyl (C=O) groups excluding carboxylic acids is 2. The van der Waals surface area contributed by atoms with Gasteiger partial charge in [-0.25, -0.2) is 4.79 Å². The van der Waals surface area contributed by atoms with Crippen LogP contribution >= 0.6 is 0 Å². The SMILES string of the molecule is CC(=O)Nc1ccccc1C(=O)N[C@@H](C(=O)O)[C@H](C)CC#N. The topological polar surface area (TPSA) is 119 Å². The molecule has 7 nitrogen and oxygen atoms in total. The number of rotatable bonds is 6. The van der Waals surface area contributed by atoms with Crippen LogP contribution in [0.15, 0.2) is 24.3 Å². The van der Waals surface area contributed by atoms with Gasteiger partial charge < -0.3 is 15.7 Å². The Balaban J connectivity index is 2.98. The van der Waals surface area contributed by atoms with E-state index in [1.165, 1.54) is 13.0 Å². The molecule has 1 aromatic rings. The molecule has 2 atom stereocenters. The van der Waals surface area contributed by atoms with E-state index in [4.69, 9.17) is 5.26 Å². The maximum absolute atomic E-state index is 12.3. The highest BCUT2D eigenvalue weighted by Crippen LogP contribution is 2.16. The highest BCUT2D eigenvalue weighted by molar-refractivity contribution is 6.04. The number of hydrogen-bond donors (Lipinski definition) is 3. The van der Waals surface area contributed by atoms with Crippen LogP contribution < -0.4 is 10.6 Å². The summed E-state index contributed by atoms with van der Waals surface area (Å²) in [5, 5.41) is 22.7. The Bertz CT molecular complexity index is 621. The lowest BCUT2D eigenvalue weighted by molar-refractivity contribution is -0.140. The van der Waals surface area contributed by atoms with Crippen molar-refractivity contribution in [1.29, 1.82) is 5.26 Å². The molecule has 0 aromatic heterocycles. The molecule has 7 heteroatoms. The summed E-state index contributed by atoms with van der Waals surface area (Å²) >= 11 is 0. The van der Waals surface area contributed by atoms with Crippen LogP contribution in [0.25, 0.3) is 0 Å². The van der Waals surface area contributed by atoms with Crippen LogP contribution in [0.2, 0.25) is 0 Å². The van der Waals surface area contributed by atoms with Gasteiger partial charge in [-0.2, -0.15) is 5.26 Å². The number of amides is 2. The molecular formula is C15H17N3O4. The van der Waals surface area contributed by atoms with E-state index in [0.29, 0.717) is 5.69 Å². The fourth-order valence-corrected chi connectivity index (χ4v) is 1.91. The third kappa shape index (κ3) is 4.59. The first-order chi connectivity index (χ1) is 10.4. The minimum atomic E-state index is -1.21. The van der Waals surface area contributed by atoms with Crippen molar-refractivity contribution in [3.8, 4) is 6.07 Å². The molecule has 0 saturated heterocycles. The van der Waals surface area contributed by atoms with Gasteiger partial charge in [-0.3, -0.25) is 9.59 Å². The van der Waals surface area contributed by atoms with E-state index < -0.39 is 23.8 Å². The predicted octanol–water partition coefficient (Wildman–Crippen LogP) is 1.38. The van der Waals surface area contributed by atoms with Crippen molar-refractivity contribution in [3.63, 3.8) is 0 Å². The predicted molar refractivity (Wildman–Crippen MR) is 79.0 cm³/mol. The lowest BCUT2D eigenvalue weighted by Crippen LogP contribution is -2.45. The summed E-state index contributed by atoms with van der Waals surface area (Å²) in [4.78, 5) is 34.7. The van der Waals surface area contributed by atoms with Gasteiger partial charge in [0.2, 0.25) is 5.91 Å². The first kappa shape index (κ1) is 17.2. The number of aliphatic carboxylic acids is 1. The number of para-hydroxylation sites is 1. The molecule has 0 aliphatic rings. The summed E-state index contributed by atoms with van der Waals surface area (Å²) in [7, 11) is 0. The molecule has 1 aromatic carbocycles. The fourth-order valence-electron chi connectivity index (χ4n) is 1.91. The van der Waals surface area contributed by atoms with E-state index in [9.17, 15) is 19.5 Å². The van der Waals surface area contributed by atoms with E-state index >= 15 is 0 Å². The van der Waals surface area contributed by atoms with Crippen molar-refractivity contribution in [1.82, 2.24) is 5.32 Å². The van der Waals surface area contributed by atoms with Crippen LogP contribution in [-0.2, 0) is 9.59 Å². The Kier molecular flexibility index (Phi) is 6.08. The lowest BCUT2D eigenvalue weighted by Gasteiger charge is -2.20. The number of carboxylic acids is 1. The van der Waals surface area contributed by atoms with Crippen molar-refractivity contribution in [3.05, 3.63) is 29.8 Å². The third-order valence-corrected chi connectivity index (χ3v) is 3.02. The van der Waals surface area contributed by atoms with Crippen LogP contribution in [-0.4, -0.2) is 28.9 Å². The lowest BCUT2D eigenvalue weighted by atomic mass is 9.98. The first-order valence-corrected chi connectivity index (χ1v) is 6.64. The number of nitriles is 1. The Labute approximate surface area is 127 Å². The highest BCUT2D eigenvalue weighted by Gasteiger charge is 2.27. The molecule has 1 rings (SSSR count). The zero-order valence-corrected chi connectivity index (χ0v) is 12.3. The van der Waals surface area contributed by atoms with Crippen molar-refractivity contribution >= 4 is 23.5 Å². The average molecular weight is 303 g/mol. The van der Waals surface area contributed by atoms with Gasteiger partial charge in [0.05, 0.1) is 17.3 Å². The number of carbonyl (C=O) groups is 3. The van der Waals surface area contributed by atoms with Gasteiger partial charge in [0, 0.05) is 19.3 Å². The molecule has 0 bridgehead atoms. The van der Waals surface area contributed by atoms with E-state index in [1.807, 2.05) is 6.07 Å². The quantitative estimate of drug-likeness (QED) is 0.733. The van der Waals surface area contributed by atoms with E-state index in [0.717, 1.165) is 0 Å². The fraction of sp³-hybridized carbons (Fsp3) is 0.333. The number of benzene rings is 1. The zero-order chi connectivity index (χ0) is 16.7. The number of nitrogens with zero attached hydrogens (tertiary/aromatic N) is 1.